The SMILES string of the molecule is Cc1ccc(F)cc1N(C)C(=O)c1ccc(-c2ccc(O)cc2)o1. The summed E-state index contributed by atoms with van der Waals surface area (Å²) in [5.41, 5.74) is 2.02. The van der Waals surface area contributed by atoms with E-state index in [4.69, 9.17) is 4.42 Å². The molecule has 0 saturated carbocycles. The lowest BCUT2D eigenvalue weighted by Gasteiger charge is -2.18. The van der Waals surface area contributed by atoms with Gasteiger partial charge in [-0.05, 0) is 61.0 Å². The zero-order valence-electron chi connectivity index (χ0n) is 13.3. The molecule has 0 atom stereocenters. The number of carbonyl (C=O) groups is 1. The summed E-state index contributed by atoms with van der Waals surface area (Å²) in [5, 5.41) is 9.32. The van der Waals surface area contributed by atoms with Crippen LogP contribution in [0, 0.1) is 12.7 Å². The number of phenolic OH excluding ortho intramolecular Hbond substituents is 1. The number of hydrogen-bond acceptors (Lipinski definition) is 3. The molecule has 1 aromatic heterocycles. The zero-order chi connectivity index (χ0) is 17.3. The van der Waals surface area contributed by atoms with Crippen molar-refractivity contribution < 1.29 is 18.7 Å². The molecule has 1 heterocycles. The number of aromatic hydroxyl groups is 1. The predicted molar refractivity (Wildman–Crippen MR) is 89.7 cm³/mol. The van der Waals surface area contributed by atoms with E-state index in [0.717, 1.165) is 11.1 Å². The summed E-state index contributed by atoms with van der Waals surface area (Å²) in [6, 6.07) is 14.0. The highest BCUT2D eigenvalue weighted by Crippen LogP contribution is 2.26. The Bertz CT molecular complexity index is 884. The lowest BCUT2D eigenvalue weighted by atomic mass is 10.1. The molecule has 0 fully saturated rings. The summed E-state index contributed by atoms with van der Waals surface area (Å²) in [7, 11) is 1.58. The maximum atomic E-state index is 13.4. The molecular weight excluding hydrogens is 309 g/mol. The second kappa shape index (κ2) is 6.20. The topological polar surface area (TPSA) is 53.7 Å². The summed E-state index contributed by atoms with van der Waals surface area (Å²) in [5.74, 6) is 0.0584. The monoisotopic (exact) mass is 325 g/mol. The molecule has 5 heteroatoms. The number of anilines is 1. The Labute approximate surface area is 138 Å². The van der Waals surface area contributed by atoms with E-state index in [1.54, 1.807) is 49.5 Å². The molecule has 24 heavy (non-hydrogen) atoms. The van der Waals surface area contributed by atoms with E-state index in [1.165, 1.54) is 17.0 Å². The fourth-order valence-corrected chi connectivity index (χ4v) is 2.45. The van der Waals surface area contributed by atoms with Crippen LogP contribution >= 0.6 is 0 Å². The van der Waals surface area contributed by atoms with Gasteiger partial charge < -0.3 is 14.4 Å². The fourth-order valence-electron chi connectivity index (χ4n) is 2.45. The molecule has 0 bridgehead atoms. The van der Waals surface area contributed by atoms with Gasteiger partial charge in [0.05, 0.1) is 0 Å². The second-order valence-electron chi connectivity index (χ2n) is 5.51. The molecule has 0 saturated heterocycles. The molecule has 0 radical (unpaired) electrons. The zero-order valence-corrected chi connectivity index (χ0v) is 13.3. The number of amides is 1. The minimum absolute atomic E-state index is 0.155. The molecule has 0 aliphatic heterocycles. The number of halogens is 1. The lowest BCUT2D eigenvalue weighted by molar-refractivity contribution is 0.0967. The number of carbonyl (C=O) groups excluding carboxylic acids is 1. The van der Waals surface area contributed by atoms with Crippen LogP contribution in [0.2, 0.25) is 0 Å². The van der Waals surface area contributed by atoms with Crippen LogP contribution in [0.25, 0.3) is 11.3 Å². The third-order valence-corrected chi connectivity index (χ3v) is 3.81. The van der Waals surface area contributed by atoms with Gasteiger partial charge in [-0.25, -0.2) is 4.39 Å². The Morgan fingerprint density at radius 3 is 2.50 bits per heavy atom. The van der Waals surface area contributed by atoms with Crippen molar-refractivity contribution in [2.45, 2.75) is 6.92 Å². The molecule has 0 spiro atoms. The van der Waals surface area contributed by atoms with Gasteiger partial charge in [0.15, 0.2) is 5.76 Å². The van der Waals surface area contributed by atoms with Gasteiger partial charge in [-0.3, -0.25) is 4.79 Å². The Balaban J connectivity index is 1.88. The van der Waals surface area contributed by atoms with E-state index in [1.807, 2.05) is 6.92 Å². The number of benzene rings is 2. The van der Waals surface area contributed by atoms with Crippen molar-refractivity contribution >= 4 is 11.6 Å². The van der Waals surface area contributed by atoms with Crippen LogP contribution in [0.1, 0.15) is 16.1 Å². The van der Waals surface area contributed by atoms with Crippen molar-refractivity contribution in [1.29, 1.82) is 0 Å². The number of hydrogen-bond donors (Lipinski definition) is 1. The van der Waals surface area contributed by atoms with Crippen molar-refractivity contribution in [1.82, 2.24) is 0 Å². The summed E-state index contributed by atoms with van der Waals surface area (Å²) < 4.78 is 19.1. The van der Waals surface area contributed by atoms with Gasteiger partial charge in [0.25, 0.3) is 5.91 Å². The summed E-state index contributed by atoms with van der Waals surface area (Å²) in [6.45, 7) is 1.81. The lowest BCUT2D eigenvalue weighted by Crippen LogP contribution is -2.26. The summed E-state index contributed by atoms with van der Waals surface area (Å²) >= 11 is 0. The first-order valence-corrected chi connectivity index (χ1v) is 7.39. The molecule has 1 amide bonds. The number of furan rings is 1. The molecule has 3 aromatic rings. The first-order valence-electron chi connectivity index (χ1n) is 7.39. The van der Waals surface area contributed by atoms with Gasteiger partial charge in [0, 0.05) is 18.3 Å². The van der Waals surface area contributed by atoms with Crippen LogP contribution in [-0.2, 0) is 0 Å². The minimum atomic E-state index is -0.403. The molecular formula is C19H16FNO3. The Morgan fingerprint density at radius 1 is 1.08 bits per heavy atom. The predicted octanol–water partition coefficient (Wildman–Crippen LogP) is 4.38. The van der Waals surface area contributed by atoms with Crippen molar-refractivity contribution in [2.75, 3.05) is 11.9 Å². The highest BCUT2D eigenvalue weighted by Gasteiger charge is 2.19. The van der Waals surface area contributed by atoms with Gasteiger partial charge in [0.1, 0.15) is 17.3 Å². The van der Waals surface area contributed by atoms with Gasteiger partial charge in [-0.2, -0.15) is 0 Å². The molecule has 3 rings (SSSR count). The Morgan fingerprint density at radius 2 is 1.79 bits per heavy atom. The summed E-state index contributed by atoms with van der Waals surface area (Å²) in [6.07, 6.45) is 0. The molecule has 2 aromatic carbocycles. The number of rotatable bonds is 3. The van der Waals surface area contributed by atoms with E-state index < -0.39 is 5.82 Å². The van der Waals surface area contributed by atoms with Gasteiger partial charge >= 0.3 is 0 Å². The maximum Gasteiger partial charge on any atom is 0.293 e. The average Bonchev–Trinajstić information content (AvgIpc) is 3.06. The van der Waals surface area contributed by atoms with Crippen molar-refractivity contribution in [3.05, 3.63) is 71.7 Å². The van der Waals surface area contributed by atoms with E-state index in [2.05, 4.69) is 0 Å². The van der Waals surface area contributed by atoms with Gasteiger partial charge in [0.2, 0.25) is 0 Å². The number of aryl methyl sites for hydroxylation is 1. The highest BCUT2D eigenvalue weighted by molar-refractivity contribution is 6.04. The number of nitrogens with zero attached hydrogens (tertiary/aromatic N) is 1. The quantitative estimate of drug-likeness (QED) is 0.777. The van der Waals surface area contributed by atoms with Crippen LogP contribution in [0.3, 0.4) is 0 Å². The van der Waals surface area contributed by atoms with Crippen LogP contribution in [0.5, 0.6) is 5.75 Å². The smallest absolute Gasteiger partial charge is 0.293 e. The normalized spacial score (nSPS) is 10.6. The van der Waals surface area contributed by atoms with Crippen LogP contribution in [0.4, 0.5) is 10.1 Å². The Hall–Kier alpha value is -3.08. The largest absolute Gasteiger partial charge is 0.508 e. The van der Waals surface area contributed by atoms with Crippen molar-refractivity contribution in [3.63, 3.8) is 0 Å². The summed E-state index contributed by atoms with van der Waals surface area (Å²) in [4.78, 5) is 13.9. The average molecular weight is 325 g/mol. The highest BCUT2D eigenvalue weighted by atomic mass is 19.1. The Kier molecular flexibility index (Phi) is 4.08. The second-order valence-corrected chi connectivity index (χ2v) is 5.51. The van der Waals surface area contributed by atoms with E-state index in [0.29, 0.717) is 11.4 Å². The standard InChI is InChI=1S/C19H16FNO3/c1-12-3-6-14(20)11-16(12)21(2)19(23)18-10-9-17(24-18)13-4-7-15(22)8-5-13/h3-11,22H,1-2H3. The van der Waals surface area contributed by atoms with Gasteiger partial charge in [-0.1, -0.05) is 6.07 Å². The van der Waals surface area contributed by atoms with Crippen molar-refractivity contribution in [3.8, 4) is 17.1 Å². The molecule has 4 nitrogen and oxygen atoms in total. The fraction of sp³-hybridized carbons (Fsp3) is 0.105. The van der Waals surface area contributed by atoms with Gasteiger partial charge in [-0.15, -0.1) is 0 Å². The third kappa shape index (κ3) is 3.01. The molecule has 0 unspecified atom stereocenters. The van der Waals surface area contributed by atoms with Crippen LogP contribution in [0.15, 0.2) is 59.0 Å². The van der Waals surface area contributed by atoms with E-state index in [9.17, 15) is 14.3 Å². The van der Waals surface area contributed by atoms with E-state index in [-0.39, 0.29) is 17.4 Å². The maximum absolute atomic E-state index is 13.4. The molecule has 0 aliphatic rings. The molecule has 122 valence electrons. The first kappa shape index (κ1) is 15.8. The molecule has 1 N–H and O–H groups in total. The number of phenols is 1. The minimum Gasteiger partial charge on any atom is -0.508 e. The first-order chi connectivity index (χ1) is 11.5. The molecule has 0 aliphatic carbocycles. The van der Waals surface area contributed by atoms with Crippen LogP contribution in [-0.4, -0.2) is 18.1 Å². The van der Waals surface area contributed by atoms with Crippen LogP contribution < -0.4 is 4.90 Å². The van der Waals surface area contributed by atoms with E-state index >= 15 is 0 Å². The van der Waals surface area contributed by atoms with Crippen molar-refractivity contribution in [2.24, 2.45) is 0 Å². The third-order valence-electron chi connectivity index (χ3n) is 3.81.